The molecule has 0 saturated heterocycles. The number of aromatic amines is 2. The van der Waals surface area contributed by atoms with Gasteiger partial charge in [0.1, 0.15) is 11.9 Å². The molecule has 4 rings (SSSR count). The maximum absolute atomic E-state index is 10.4. The fourth-order valence-corrected chi connectivity index (χ4v) is 2.10. The maximum atomic E-state index is 10.4. The monoisotopic (exact) mass is 469 g/mol. The largest absolute Gasteiger partial charge is 2.00 e. The van der Waals surface area contributed by atoms with Crippen molar-refractivity contribution in [2.24, 2.45) is 0 Å². The van der Waals surface area contributed by atoms with Crippen molar-refractivity contribution in [1.29, 1.82) is 0 Å². The Morgan fingerprint density at radius 2 is 1.06 bits per heavy atom. The van der Waals surface area contributed by atoms with Crippen LogP contribution in [-0.4, -0.2) is 55.3 Å². The number of aromatic carboxylic acids is 2. The summed E-state index contributed by atoms with van der Waals surface area (Å²) in [5, 5.41) is 35.9. The molecule has 0 aliphatic carbocycles. The number of nitrogens with zero attached hydrogens (tertiary/aromatic N) is 2. The van der Waals surface area contributed by atoms with Crippen molar-refractivity contribution in [1.82, 2.24) is 19.9 Å². The molecule has 2 aromatic heterocycles. The van der Waals surface area contributed by atoms with Gasteiger partial charge in [0.2, 0.25) is 0 Å². The van der Waals surface area contributed by atoms with E-state index >= 15 is 0 Å². The number of nitrogens with one attached hydrogen (secondary N) is 2. The molecule has 0 bridgehead atoms. The first kappa shape index (κ1) is 27.8. The van der Waals surface area contributed by atoms with Crippen molar-refractivity contribution >= 4 is 34.0 Å². The van der Waals surface area contributed by atoms with Gasteiger partial charge in [0.05, 0.1) is 22.1 Å². The standard InChI is InChI=1S/2C8H6N2O2.2C2H6O.Mn/c2*11-8(12)7-9-5-3-1-2-4-6(5)10-7;2*1-2-3;/h2*1-4H,(H,9,10)(H,11,12);2*3H,2H2,1H3;/q;;;;+2/p-2. The second-order valence-electron chi connectivity index (χ2n) is 5.41. The topological polar surface area (TPSA) is 178 Å². The summed E-state index contributed by atoms with van der Waals surface area (Å²) in [5.41, 5.74) is 2.68. The minimum atomic E-state index is -1.29. The summed E-state index contributed by atoms with van der Waals surface area (Å²) in [6, 6.07) is 14.2. The number of carbonyl (C=O) groups is 2. The van der Waals surface area contributed by atoms with E-state index in [9.17, 15) is 19.8 Å². The molecule has 0 spiro atoms. The molecular formula is C20H22MnN4O6. The van der Waals surface area contributed by atoms with E-state index in [1.807, 2.05) is 0 Å². The van der Waals surface area contributed by atoms with Crippen molar-refractivity contribution in [3.63, 3.8) is 0 Å². The fraction of sp³-hybridized carbons (Fsp3) is 0.200. The second-order valence-corrected chi connectivity index (χ2v) is 5.41. The molecule has 0 unspecified atom stereocenters. The van der Waals surface area contributed by atoms with Gasteiger partial charge in [-0.05, 0) is 38.1 Å². The average Bonchev–Trinajstić information content (AvgIpc) is 3.34. The number of hydrogen-bond acceptors (Lipinski definition) is 8. The molecule has 11 heteroatoms. The minimum Gasteiger partial charge on any atom is -0.542 e. The van der Waals surface area contributed by atoms with Gasteiger partial charge in [-0.15, -0.1) is 0 Å². The van der Waals surface area contributed by atoms with Gasteiger partial charge in [0.15, 0.2) is 11.6 Å². The Hall–Kier alpha value is -3.24. The molecule has 31 heavy (non-hydrogen) atoms. The van der Waals surface area contributed by atoms with Gasteiger partial charge in [-0.25, -0.2) is 9.97 Å². The number of para-hydroxylation sites is 4. The Morgan fingerprint density at radius 1 is 0.774 bits per heavy atom. The van der Waals surface area contributed by atoms with Crippen LogP contribution in [0.1, 0.15) is 35.1 Å². The van der Waals surface area contributed by atoms with Gasteiger partial charge in [-0.2, -0.15) is 0 Å². The van der Waals surface area contributed by atoms with Crippen molar-refractivity contribution in [2.45, 2.75) is 13.8 Å². The predicted molar refractivity (Wildman–Crippen MR) is 106 cm³/mol. The number of aliphatic hydroxyl groups is 2. The fourth-order valence-electron chi connectivity index (χ4n) is 2.10. The number of benzene rings is 2. The third-order valence-corrected chi connectivity index (χ3v) is 3.17. The first-order valence-corrected chi connectivity index (χ1v) is 8.91. The van der Waals surface area contributed by atoms with Crippen LogP contribution >= 0.6 is 0 Å². The van der Waals surface area contributed by atoms with Crippen LogP contribution < -0.4 is 10.2 Å². The molecule has 2 heterocycles. The van der Waals surface area contributed by atoms with Crippen molar-refractivity contribution in [3.05, 3.63) is 60.2 Å². The molecule has 0 saturated carbocycles. The number of rotatable bonds is 2. The zero-order chi connectivity index (χ0) is 22.5. The number of H-pyrrole nitrogens is 2. The summed E-state index contributed by atoms with van der Waals surface area (Å²) in [6.07, 6.45) is 0. The van der Waals surface area contributed by atoms with Crippen LogP contribution in [0.5, 0.6) is 0 Å². The molecule has 0 amide bonds. The van der Waals surface area contributed by atoms with Gasteiger partial charge in [0, 0.05) is 13.2 Å². The van der Waals surface area contributed by atoms with Crippen molar-refractivity contribution < 1.29 is 47.1 Å². The summed E-state index contributed by atoms with van der Waals surface area (Å²) in [6.45, 7) is 3.86. The minimum absolute atomic E-state index is 0. The zero-order valence-electron chi connectivity index (χ0n) is 16.8. The Morgan fingerprint density at radius 3 is 1.32 bits per heavy atom. The normalized spacial score (nSPS) is 9.16. The number of hydrogen-bond donors (Lipinski definition) is 4. The smallest absolute Gasteiger partial charge is 0.542 e. The molecule has 10 nitrogen and oxygen atoms in total. The average molecular weight is 469 g/mol. The first-order valence-electron chi connectivity index (χ1n) is 8.91. The number of aliphatic hydroxyl groups excluding tert-OH is 2. The number of imidazole rings is 2. The van der Waals surface area contributed by atoms with Gasteiger partial charge in [0.25, 0.3) is 0 Å². The molecule has 4 N–H and O–H groups in total. The van der Waals surface area contributed by atoms with Crippen LogP contribution in [0, 0.1) is 0 Å². The Kier molecular flexibility index (Phi) is 13.2. The summed E-state index contributed by atoms with van der Waals surface area (Å²) in [5.74, 6) is -2.83. The maximum Gasteiger partial charge on any atom is 2.00 e. The van der Waals surface area contributed by atoms with Crippen molar-refractivity contribution in [2.75, 3.05) is 13.2 Å². The molecule has 1 radical (unpaired) electrons. The Labute approximate surface area is 188 Å². The third kappa shape index (κ3) is 8.97. The third-order valence-electron chi connectivity index (χ3n) is 3.17. The van der Waals surface area contributed by atoms with Crippen LogP contribution in [0.4, 0.5) is 0 Å². The van der Waals surface area contributed by atoms with E-state index in [0.29, 0.717) is 22.1 Å². The summed E-state index contributed by atoms with van der Waals surface area (Å²) >= 11 is 0. The van der Waals surface area contributed by atoms with E-state index in [0.717, 1.165) is 0 Å². The van der Waals surface area contributed by atoms with Crippen LogP contribution in [0.15, 0.2) is 48.5 Å². The van der Waals surface area contributed by atoms with Crippen LogP contribution in [0.3, 0.4) is 0 Å². The van der Waals surface area contributed by atoms with E-state index in [2.05, 4.69) is 19.9 Å². The van der Waals surface area contributed by atoms with Crippen LogP contribution in [0.25, 0.3) is 22.1 Å². The quantitative estimate of drug-likeness (QED) is 0.293. The Bertz CT molecular complexity index is 928. The van der Waals surface area contributed by atoms with E-state index < -0.39 is 11.9 Å². The van der Waals surface area contributed by atoms with Gasteiger partial charge < -0.3 is 40.0 Å². The van der Waals surface area contributed by atoms with Gasteiger partial charge >= 0.3 is 17.1 Å². The number of fused-ring (bicyclic) bond motifs is 2. The van der Waals surface area contributed by atoms with E-state index in [-0.39, 0.29) is 41.9 Å². The van der Waals surface area contributed by atoms with Crippen molar-refractivity contribution in [3.8, 4) is 0 Å². The summed E-state index contributed by atoms with van der Waals surface area (Å²) in [7, 11) is 0. The molecule has 0 aliphatic rings. The van der Waals surface area contributed by atoms with Gasteiger partial charge in [-0.3, -0.25) is 0 Å². The van der Waals surface area contributed by atoms with Crippen LogP contribution in [-0.2, 0) is 17.1 Å². The van der Waals surface area contributed by atoms with E-state index in [4.69, 9.17) is 10.2 Å². The Balaban J connectivity index is 0.000000453. The van der Waals surface area contributed by atoms with Gasteiger partial charge in [-0.1, -0.05) is 24.3 Å². The first-order chi connectivity index (χ1) is 14.4. The van der Waals surface area contributed by atoms with E-state index in [1.165, 1.54) is 0 Å². The summed E-state index contributed by atoms with van der Waals surface area (Å²) < 4.78 is 0. The second kappa shape index (κ2) is 14.7. The molecule has 0 fully saturated rings. The number of carboxylic acids is 2. The molecule has 0 aliphatic heterocycles. The van der Waals surface area contributed by atoms with Crippen LogP contribution in [0.2, 0.25) is 0 Å². The SMILES string of the molecule is CCO.CCO.O=C([O-])c1nc2ccccc2[nH]1.O=C([O-])c1nc2ccccc2[nH]1.[Mn+2]. The predicted octanol–water partition coefficient (Wildman–Crippen LogP) is -0.152. The summed E-state index contributed by atoms with van der Waals surface area (Å²) in [4.78, 5) is 33.6. The number of carbonyl (C=O) groups excluding carboxylic acids is 2. The number of carboxylic acid groups (broad SMARTS) is 2. The molecule has 4 aromatic rings. The molecule has 2 aromatic carbocycles. The number of aromatic nitrogens is 4. The molecule has 0 atom stereocenters. The van der Waals surface area contributed by atoms with E-state index in [1.54, 1.807) is 62.4 Å². The molecule has 165 valence electrons. The zero-order valence-corrected chi connectivity index (χ0v) is 18.0. The molecular weight excluding hydrogens is 447 g/mol.